The molecule has 1 saturated heterocycles. The summed E-state index contributed by atoms with van der Waals surface area (Å²) < 4.78 is 47.5. The SMILES string of the molecule is COc1ccc2c(O[C@@H]3C[C@@H](C(=O)N[C@]45C[C@@H]4C=CCCCCCNc4ccccc4S(=O)(=O)NC5=O)N(C(=O)CCNC(=O)OC(C)(C)C)C3)cc(-c3csc(NC(C)C)n3)nc2c1. The molecule has 348 valence electrons. The number of nitrogens with one attached hydrogen (secondary N) is 5. The van der Waals surface area contributed by atoms with E-state index in [9.17, 15) is 27.6 Å². The topological polar surface area (TPSA) is 219 Å². The van der Waals surface area contributed by atoms with Crippen molar-refractivity contribution in [3.8, 4) is 22.9 Å². The number of pyridine rings is 1. The Bertz CT molecular complexity index is 2560. The van der Waals surface area contributed by atoms with Gasteiger partial charge < -0.3 is 40.4 Å². The number of fused-ring (bicyclic) bond motifs is 3. The number of amides is 4. The van der Waals surface area contributed by atoms with Gasteiger partial charge in [-0.3, -0.25) is 14.4 Å². The molecule has 4 atom stereocenters. The van der Waals surface area contributed by atoms with Crippen molar-refractivity contribution in [3.05, 3.63) is 66.1 Å². The summed E-state index contributed by atoms with van der Waals surface area (Å²) in [7, 11) is -2.82. The maximum atomic E-state index is 14.7. The van der Waals surface area contributed by atoms with E-state index in [1.807, 2.05) is 37.4 Å². The predicted molar refractivity (Wildman–Crippen MR) is 248 cm³/mol. The summed E-state index contributed by atoms with van der Waals surface area (Å²) in [6.45, 7) is 9.70. The van der Waals surface area contributed by atoms with Crippen LogP contribution in [0.1, 0.15) is 79.6 Å². The molecule has 4 aromatic rings. The van der Waals surface area contributed by atoms with Crippen LogP contribution < -0.4 is 35.5 Å². The van der Waals surface area contributed by atoms with E-state index in [0.717, 1.165) is 30.8 Å². The zero-order valence-electron chi connectivity index (χ0n) is 37.6. The van der Waals surface area contributed by atoms with Gasteiger partial charge >= 0.3 is 6.09 Å². The molecule has 0 spiro atoms. The van der Waals surface area contributed by atoms with Gasteiger partial charge in [0.15, 0.2) is 5.13 Å². The van der Waals surface area contributed by atoms with Crippen molar-refractivity contribution in [1.29, 1.82) is 0 Å². The molecule has 17 nitrogen and oxygen atoms in total. The Labute approximate surface area is 383 Å². The van der Waals surface area contributed by atoms with E-state index in [2.05, 4.69) is 26.0 Å². The number of benzene rings is 2. The van der Waals surface area contributed by atoms with Gasteiger partial charge in [0.25, 0.3) is 15.9 Å². The Balaban J connectivity index is 1.18. The van der Waals surface area contributed by atoms with Crippen LogP contribution in [0.3, 0.4) is 0 Å². The second-order valence-corrected chi connectivity index (χ2v) is 20.4. The molecule has 0 radical (unpaired) electrons. The van der Waals surface area contributed by atoms with Gasteiger partial charge in [-0.05, 0) is 84.6 Å². The van der Waals surface area contributed by atoms with Gasteiger partial charge in [-0.1, -0.05) is 30.7 Å². The maximum Gasteiger partial charge on any atom is 0.407 e. The van der Waals surface area contributed by atoms with Crippen LogP contribution in [0.2, 0.25) is 0 Å². The number of thiazole rings is 1. The fraction of sp³-hybridized carbons (Fsp3) is 0.478. The molecule has 0 bridgehead atoms. The van der Waals surface area contributed by atoms with Crippen molar-refractivity contribution in [2.75, 3.05) is 37.4 Å². The largest absolute Gasteiger partial charge is 0.497 e. The van der Waals surface area contributed by atoms with Gasteiger partial charge in [0.05, 0.1) is 30.6 Å². The lowest BCUT2D eigenvalue weighted by molar-refractivity contribution is -0.139. The van der Waals surface area contributed by atoms with Crippen LogP contribution >= 0.6 is 11.3 Å². The fourth-order valence-corrected chi connectivity index (χ4v) is 10.1. The number of anilines is 2. The average molecular weight is 931 g/mol. The third-order valence-electron chi connectivity index (χ3n) is 11.2. The molecule has 2 fully saturated rings. The Morgan fingerprint density at radius 2 is 1.85 bits per heavy atom. The number of likely N-dealkylation sites (tertiary alicyclic amines) is 1. The molecule has 2 aromatic heterocycles. The molecule has 19 heteroatoms. The molecule has 1 saturated carbocycles. The first-order valence-corrected chi connectivity index (χ1v) is 24.3. The average Bonchev–Trinajstić information content (AvgIpc) is 3.51. The van der Waals surface area contributed by atoms with E-state index in [1.54, 1.807) is 64.3 Å². The van der Waals surface area contributed by atoms with Crippen molar-refractivity contribution in [1.82, 2.24) is 30.2 Å². The zero-order valence-corrected chi connectivity index (χ0v) is 39.2. The first-order valence-electron chi connectivity index (χ1n) is 22.0. The molecule has 2 aromatic carbocycles. The molecular formula is C46H58N8O9S2. The monoisotopic (exact) mass is 930 g/mol. The molecule has 0 unspecified atom stereocenters. The maximum absolute atomic E-state index is 14.7. The fourth-order valence-electron chi connectivity index (χ4n) is 8.00. The smallest absolute Gasteiger partial charge is 0.407 e. The first kappa shape index (κ1) is 47.0. The quantitative estimate of drug-likeness (QED) is 0.103. The molecule has 5 N–H and O–H groups in total. The lowest BCUT2D eigenvalue weighted by Gasteiger charge is -2.27. The van der Waals surface area contributed by atoms with Crippen molar-refractivity contribution < 1.29 is 41.8 Å². The van der Waals surface area contributed by atoms with Gasteiger partial charge in [0, 0.05) is 60.8 Å². The summed E-state index contributed by atoms with van der Waals surface area (Å²) in [4.78, 5) is 66.4. The summed E-state index contributed by atoms with van der Waals surface area (Å²) in [5.41, 5.74) is -0.257. The molecule has 2 aliphatic heterocycles. The first-order chi connectivity index (χ1) is 30.9. The van der Waals surface area contributed by atoms with E-state index in [-0.39, 0.29) is 43.3 Å². The number of hydrogen-bond acceptors (Lipinski definition) is 14. The van der Waals surface area contributed by atoms with Crippen LogP contribution in [0, 0.1) is 5.92 Å². The highest BCUT2D eigenvalue weighted by Gasteiger charge is 2.61. The number of allylic oxidation sites excluding steroid dienone is 1. The molecule has 1 aliphatic carbocycles. The number of para-hydroxylation sites is 1. The Kier molecular flexibility index (Phi) is 14.2. The molecule has 4 amide bonds. The van der Waals surface area contributed by atoms with Gasteiger partial charge in [-0.15, -0.1) is 11.3 Å². The number of carbonyl (C=O) groups is 4. The van der Waals surface area contributed by atoms with Crippen molar-refractivity contribution in [2.24, 2.45) is 5.92 Å². The lowest BCUT2D eigenvalue weighted by Crippen LogP contribution is -2.56. The summed E-state index contributed by atoms with van der Waals surface area (Å²) in [6.07, 6.45) is 5.78. The highest BCUT2D eigenvalue weighted by Crippen LogP contribution is 2.46. The number of nitrogens with zero attached hydrogens (tertiary/aromatic N) is 3. The summed E-state index contributed by atoms with van der Waals surface area (Å²) in [6, 6.07) is 12.6. The highest BCUT2D eigenvalue weighted by atomic mass is 32.2. The van der Waals surface area contributed by atoms with Crippen LogP contribution in [0.4, 0.5) is 15.6 Å². The second kappa shape index (κ2) is 19.7. The lowest BCUT2D eigenvalue weighted by atomic mass is 10.1. The summed E-state index contributed by atoms with van der Waals surface area (Å²) in [5, 5.41) is 15.3. The minimum absolute atomic E-state index is 0.0154. The molecule has 65 heavy (non-hydrogen) atoms. The number of methoxy groups -OCH3 is 1. The van der Waals surface area contributed by atoms with Crippen LogP contribution in [0.15, 0.2) is 71.0 Å². The number of carbonyl (C=O) groups excluding carboxylic acids is 4. The third-order valence-corrected chi connectivity index (χ3v) is 13.4. The van der Waals surface area contributed by atoms with E-state index in [1.165, 1.54) is 22.3 Å². The number of ether oxygens (including phenoxy) is 3. The van der Waals surface area contributed by atoms with E-state index < -0.39 is 63.0 Å². The molecule has 7 rings (SSSR count). The Hall–Kier alpha value is -5.95. The van der Waals surface area contributed by atoms with Crippen LogP contribution in [0.5, 0.6) is 11.5 Å². The van der Waals surface area contributed by atoms with Crippen molar-refractivity contribution in [3.63, 3.8) is 0 Å². The molecule has 4 heterocycles. The van der Waals surface area contributed by atoms with Crippen LogP contribution in [-0.4, -0.2) is 103 Å². The second-order valence-electron chi connectivity index (χ2n) is 17.8. The number of alkyl carbamates (subject to hydrolysis) is 1. The summed E-state index contributed by atoms with van der Waals surface area (Å²) in [5.74, 6) is -1.46. The van der Waals surface area contributed by atoms with Crippen LogP contribution in [0.25, 0.3) is 22.3 Å². The normalized spacial score (nSPS) is 22.0. The van der Waals surface area contributed by atoms with Gasteiger partial charge in [-0.25, -0.2) is 27.9 Å². The van der Waals surface area contributed by atoms with Gasteiger partial charge in [0.1, 0.15) is 45.4 Å². The standard InChI is InChI=1S/C46H58N8O9S2/c1-28(2)49-43-51-36(27-64-43)35-24-38(32-18-17-30(61-6)22-34(32)50-35)62-31-23-37(54(26-31)40(55)19-21-48-44(58)63-45(3,4)5)41(56)52-46-25-29(46)14-10-8-7-9-13-20-47-33-15-11-12-16-39(33)65(59,60)53-42(46)57/h10-12,14-18,22,24,27-29,31,37,47H,7-9,13,19-21,23,25-26H2,1-6H3,(H,48,58)(H,49,51)(H,52,56)(H,53,57)/t29-,31+,37-,46+/m0/s1. The Morgan fingerprint density at radius 3 is 2.62 bits per heavy atom. The van der Waals surface area contributed by atoms with Gasteiger partial charge in [-0.2, -0.15) is 0 Å². The van der Waals surface area contributed by atoms with E-state index in [0.29, 0.717) is 46.0 Å². The van der Waals surface area contributed by atoms with Gasteiger partial charge in [0.2, 0.25) is 11.8 Å². The van der Waals surface area contributed by atoms with Crippen molar-refractivity contribution >= 4 is 66.9 Å². The minimum Gasteiger partial charge on any atom is -0.497 e. The number of sulfonamides is 1. The van der Waals surface area contributed by atoms with E-state index >= 15 is 0 Å². The molecular weight excluding hydrogens is 873 g/mol. The van der Waals surface area contributed by atoms with E-state index in [4.69, 9.17) is 24.2 Å². The number of rotatable bonds is 11. The summed E-state index contributed by atoms with van der Waals surface area (Å²) >= 11 is 1.45. The number of aromatic nitrogens is 2. The minimum atomic E-state index is -4.38. The van der Waals surface area contributed by atoms with Crippen molar-refractivity contribution in [2.45, 2.75) is 114 Å². The predicted octanol–water partition coefficient (Wildman–Crippen LogP) is 6.37. The van der Waals surface area contributed by atoms with Crippen LogP contribution in [-0.2, 0) is 29.1 Å². The molecule has 3 aliphatic rings. The third kappa shape index (κ3) is 11.5. The highest BCUT2D eigenvalue weighted by molar-refractivity contribution is 7.90. The Morgan fingerprint density at radius 1 is 1.05 bits per heavy atom. The number of hydrogen-bond donors (Lipinski definition) is 5. The zero-order chi connectivity index (χ0) is 46.5.